The second kappa shape index (κ2) is 8.34. The number of imidazole rings is 1. The summed E-state index contributed by atoms with van der Waals surface area (Å²) in [6.45, 7) is 14.9. The minimum atomic E-state index is -0.264. The van der Waals surface area contributed by atoms with Crippen LogP contribution in [0.15, 0.2) is 35.4 Å². The average Bonchev–Trinajstić information content (AvgIpc) is 3.41. The number of aryl methyl sites for hydroxylation is 1. The molecule has 1 aromatic carbocycles. The van der Waals surface area contributed by atoms with E-state index in [0.29, 0.717) is 18.8 Å². The van der Waals surface area contributed by atoms with Gasteiger partial charge in [-0.15, -0.1) is 11.8 Å². The zero-order chi connectivity index (χ0) is 20.4. The van der Waals surface area contributed by atoms with E-state index < -0.39 is 0 Å². The maximum atomic E-state index is 11.2. The first kappa shape index (κ1) is 19.6. The molecule has 0 aliphatic carbocycles. The van der Waals surface area contributed by atoms with Crippen LogP contribution in [0.5, 0.6) is 0 Å². The first-order chi connectivity index (χ1) is 14.1. The van der Waals surface area contributed by atoms with Crippen molar-refractivity contribution in [2.45, 2.75) is 33.4 Å². The van der Waals surface area contributed by atoms with Gasteiger partial charge in [-0.25, -0.2) is 14.0 Å². The van der Waals surface area contributed by atoms with Crippen molar-refractivity contribution in [3.63, 3.8) is 0 Å². The lowest BCUT2D eigenvalue weighted by Crippen LogP contribution is -2.39. The van der Waals surface area contributed by atoms with E-state index in [1.54, 1.807) is 0 Å². The Bertz CT molecular complexity index is 1060. The molecule has 29 heavy (non-hydrogen) atoms. The fraction of sp³-hybridized carbons (Fsp3) is 0.409. The van der Waals surface area contributed by atoms with Crippen molar-refractivity contribution in [2.75, 3.05) is 25.4 Å². The number of aromatic nitrogens is 2. The van der Waals surface area contributed by atoms with Gasteiger partial charge in [0.05, 0.1) is 18.1 Å². The van der Waals surface area contributed by atoms with Gasteiger partial charge in [-0.05, 0) is 31.2 Å². The molecular weight excluding hydrogens is 384 g/mol. The predicted molar refractivity (Wildman–Crippen MR) is 115 cm³/mol. The zero-order valence-electron chi connectivity index (χ0n) is 16.9. The highest BCUT2D eigenvalue weighted by molar-refractivity contribution is 8.03. The summed E-state index contributed by atoms with van der Waals surface area (Å²) >= 11 is 1.91. The second-order valence-electron chi connectivity index (χ2n) is 7.13. The number of carbonyl (C=O) groups excluding carboxylic acids is 1. The molecule has 4 rings (SSSR count). The van der Waals surface area contributed by atoms with Crippen molar-refractivity contribution in [3.8, 4) is 0 Å². The molecular formula is C22H25N4O2S+. The number of allylic oxidation sites excluding steroid dienone is 3. The normalized spacial score (nSPS) is 18.6. The minimum absolute atomic E-state index is 0.264. The van der Waals surface area contributed by atoms with Crippen LogP contribution in [-0.4, -0.2) is 40.9 Å². The Hall–Kier alpha value is -2.72. The molecule has 1 saturated heterocycles. The van der Waals surface area contributed by atoms with Gasteiger partial charge in [0.1, 0.15) is 13.2 Å². The average molecular weight is 410 g/mol. The van der Waals surface area contributed by atoms with Crippen molar-refractivity contribution in [3.05, 3.63) is 52.6 Å². The summed E-state index contributed by atoms with van der Waals surface area (Å²) in [6, 6.07) is 5.82. The maximum Gasteiger partial charge on any atom is 0.302 e. The Kier molecular flexibility index (Phi) is 5.63. The van der Waals surface area contributed by atoms with Gasteiger partial charge in [0.15, 0.2) is 16.7 Å². The Morgan fingerprint density at radius 3 is 3.00 bits per heavy atom. The van der Waals surface area contributed by atoms with Crippen LogP contribution < -0.4 is 4.57 Å². The lowest BCUT2D eigenvalue weighted by Gasteiger charge is -2.15. The monoisotopic (exact) mass is 409 g/mol. The molecule has 0 amide bonds. The molecule has 0 atom stereocenters. The topological polar surface area (TPSA) is 42.7 Å². The van der Waals surface area contributed by atoms with Gasteiger partial charge in [-0.1, -0.05) is 6.07 Å². The molecule has 0 bridgehead atoms. The highest BCUT2D eigenvalue weighted by Crippen LogP contribution is 2.33. The standard InChI is InChI=1S/C22H25N4O2S/c1-4-24-12-14-29-21(24)8-5-17-9-10-25-20-15-18(23-3)6-7-19(20)26(22(17)25)11-13-28-16(2)27/h5-8,15H,4,9-14H2,1-2H3/q+1. The van der Waals surface area contributed by atoms with Crippen LogP contribution in [0.3, 0.4) is 0 Å². The molecule has 0 spiro atoms. The van der Waals surface area contributed by atoms with Crippen LogP contribution in [0, 0.1) is 6.57 Å². The third-order valence-corrected chi connectivity index (χ3v) is 6.50. The molecule has 7 heteroatoms. The van der Waals surface area contributed by atoms with Crippen molar-refractivity contribution in [1.82, 2.24) is 9.47 Å². The van der Waals surface area contributed by atoms with Crippen LogP contribution in [0.25, 0.3) is 21.5 Å². The highest BCUT2D eigenvalue weighted by Gasteiger charge is 2.33. The lowest BCUT2D eigenvalue weighted by molar-refractivity contribution is -0.675. The van der Waals surface area contributed by atoms with E-state index in [1.807, 2.05) is 30.0 Å². The molecule has 0 unspecified atom stereocenters. The molecule has 3 heterocycles. The molecule has 0 N–H and O–H groups in total. The van der Waals surface area contributed by atoms with E-state index in [1.165, 1.54) is 17.5 Å². The first-order valence-corrected chi connectivity index (χ1v) is 11.0. The minimum Gasteiger partial charge on any atom is -0.462 e. The summed E-state index contributed by atoms with van der Waals surface area (Å²) in [6.07, 6.45) is 5.44. The summed E-state index contributed by atoms with van der Waals surface area (Å²) in [5.74, 6) is 2.03. The Morgan fingerprint density at radius 1 is 1.38 bits per heavy atom. The predicted octanol–water partition coefficient (Wildman–Crippen LogP) is 3.74. The Morgan fingerprint density at radius 2 is 2.24 bits per heavy atom. The van der Waals surface area contributed by atoms with Crippen LogP contribution in [0.2, 0.25) is 0 Å². The van der Waals surface area contributed by atoms with Crippen molar-refractivity contribution in [1.29, 1.82) is 0 Å². The molecule has 2 aliphatic rings. The number of thioether (sulfide) groups is 1. The van der Waals surface area contributed by atoms with E-state index in [-0.39, 0.29) is 5.97 Å². The number of carbonyl (C=O) groups is 1. The summed E-state index contributed by atoms with van der Waals surface area (Å²) in [4.78, 5) is 17.2. The molecule has 0 saturated carbocycles. The SMILES string of the molecule is [C-]#[N+]c1ccc2c(c1)n1c([n+]2CCOC(C)=O)C(=CC=C2SCCN2CC)CC1. The van der Waals surface area contributed by atoms with Crippen molar-refractivity contribution >= 4 is 40.0 Å². The Labute approximate surface area is 175 Å². The zero-order valence-corrected chi connectivity index (χ0v) is 17.7. The number of hydrogen-bond acceptors (Lipinski definition) is 4. The molecule has 2 aliphatic heterocycles. The van der Waals surface area contributed by atoms with Crippen LogP contribution >= 0.6 is 11.8 Å². The Balaban J connectivity index is 1.76. The molecule has 6 nitrogen and oxygen atoms in total. The van der Waals surface area contributed by atoms with E-state index in [9.17, 15) is 4.79 Å². The number of rotatable bonds is 5. The molecule has 2 aromatic rings. The summed E-state index contributed by atoms with van der Waals surface area (Å²) in [5.41, 5.74) is 4.07. The lowest BCUT2D eigenvalue weighted by atomic mass is 10.2. The van der Waals surface area contributed by atoms with E-state index in [4.69, 9.17) is 11.3 Å². The summed E-state index contributed by atoms with van der Waals surface area (Å²) < 4.78 is 9.73. The summed E-state index contributed by atoms with van der Waals surface area (Å²) in [5, 5.41) is 1.33. The van der Waals surface area contributed by atoms with Gasteiger partial charge in [0, 0.05) is 37.8 Å². The highest BCUT2D eigenvalue weighted by atomic mass is 32.2. The first-order valence-electron chi connectivity index (χ1n) is 9.98. The van der Waals surface area contributed by atoms with Gasteiger partial charge in [-0.3, -0.25) is 4.79 Å². The quantitative estimate of drug-likeness (QED) is 0.429. The van der Waals surface area contributed by atoms with Crippen molar-refractivity contribution in [2.24, 2.45) is 0 Å². The van der Waals surface area contributed by atoms with Gasteiger partial charge in [-0.2, -0.15) is 0 Å². The van der Waals surface area contributed by atoms with E-state index >= 15 is 0 Å². The second-order valence-corrected chi connectivity index (χ2v) is 8.24. The van der Waals surface area contributed by atoms with Gasteiger partial charge < -0.3 is 9.64 Å². The molecule has 150 valence electrons. The maximum absolute atomic E-state index is 11.2. The number of benzene rings is 1. The van der Waals surface area contributed by atoms with Gasteiger partial charge in [0.25, 0.3) is 5.82 Å². The fourth-order valence-corrected chi connectivity index (χ4v) is 5.17. The third kappa shape index (κ3) is 3.77. The van der Waals surface area contributed by atoms with E-state index in [2.05, 4.69) is 38.0 Å². The third-order valence-electron chi connectivity index (χ3n) is 5.42. The largest absolute Gasteiger partial charge is 0.462 e. The molecule has 0 radical (unpaired) electrons. The molecule has 1 aromatic heterocycles. The number of nitrogens with zero attached hydrogens (tertiary/aromatic N) is 4. The number of fused-ring (bicyclic) bond motifs is 3. The van der Waals surface area contributed by atoms with Crippen LogP contribution in [-0.2, 0) is 22.6 Å². The molecule has 1 fully saturated rings. The van der Waals surface area contributed by atoms with Crippen LogP contribution in [0.1, 0.15) is 26.1 Å². The summed E-state index contributed by atoms with van der Waals surface area (Å²) in [7, 11) is 0. The fourth-order valence-electron chi connectivity index (χ4n) is 4.08. The number of esters is 1. The number of ether oxygens (including phenoxy) is 1. The number of hydrogen-bond donors (Lipinski definition) is 0. The van der Waals surface area contributed by atoms with Gasteiger partial charge >= 0.3 is 5.97 Å². The smallest absolute Gasteiger partial charge is 0.302 e. The van der Waals surface area contributed by atoms with Crippen LogP contribution in [0.4, 0.5) is 5.69 Å². The van der Waals surface area contributed by atoms with Crippen molar-refractivity contribution < 1.29 is 14.1 Å². The van der Waals surface area contributed by atoms with Gasteiger partial charge in [0.2, 0.25) is 0 Å². The van der Waals surface area contributed by atoms with E-state index in [0.717, 1.165) is 48.7 Å².